The smallest absolute Gasteiger partial charge is 0.348 e. The molecule has 0 bridgehead atoms. The van der Waals surface area contributed by atoms with Crippen molar-refractivity contribution in [3.63, 3.8) is 0 Å². The maximum Gasteiger partial charge on any atom is 0.348 e. The molecular formula is C20H26Cl2NO4PS. The Bertz CT molecular complexity index is 952. The van der Waals surface area contributed by atoms with Crippen LogP contribution in [-0.4, -0.2) is 23.7 Å². The molecule has 1 heterocycles. The molecule has 1 aromatic carbocycles. The second kappa shape index (κ2) is 8.99. The van der Waals surface area contributed by atoms with Gasteiger partial charge in [0.1, 0.15) is 4.88 Å². The van der Waals surface area contributed by atoms with Crippen molar-refractivity contribution in [3.05, 3.63) is 44.1 Å². The van der Waals surface area contributed by atoms with Gasteiger partial charge in [-0.25, -0.2) is 4.79 Å². The molecule has 1 aromatic heterocycles. The Kier molecular flexibility index (Phi) is 7.51. The highest BCUT2D eigenvalue weighted by atomic mass is 35.5. The maximum absolute atomic E-state index is 14.3. The summed E-state index contributed by atoms with van der Waals surface area (Å²) in [6.45, 7) is 11.6. The minimum atomic E-state index is -3.74. The quantitative estimate of drug-likeness (QED) is 0.443. The van der Waals surface area contributed by atoms with E-state index in [1.165, 1.54) is 17.4 Å². The number of aromatic carboxylic acids is 1. The Morgan fingerprint density at radius 1 is 1.28 bits per heavy atom. The molecule has 0 fully saturated rings. The summed E-state index contributed by atoms with van der Waals surface area (Å²) in [5.74, 6) is -1.07. The molecule has 1 atom stereocenters. The van der Waals surface area contributed by atoms with Crippen molar-refractivity contribution >= 4 is 59.0 Å². The van der Waals surface area contributed by atoms with Gasteiger partial charge in [-0.15, -0.1) is 11.3 Å². The zero-order chi connectivity index (χ0) is 22.1. The SMILES string of the molecule is CCOP(=O)(c1ccc(Cl)cc1Cl)N(c1cc(C(C)(C)C)sc1C(=O)O)C(C)C. The minimum absolute atomic E-state index is 0.119. The van der Waals surface area contributed by atoms with Crippen LogP contribution in [0.15, 0.2) is 24.3 Å². The molecule has 0 aliphatic heterocycles. The summed E-state index contributed by atoms with van der Waals surface area (Å²) in [4.78, 5) is 13.0. The molecule has 0 saturated heterocycles. The molecule has 1 N–H and O–H groups in total. The lowest BCUT2D eigenvalue weighted by atomic mass is 9.94. The molecule has 0 amide bonds. The van der Waals surface area contributed by atoms with Crippen LogP contribution in [0, 0.1) is 0 Å². The van der Waals surface area contributed by atoms with E-state index in [-0.39, 0.29) is 28.0 Å². The van der Waals surface area contributed by atoms with E-state index in [4.69, 9.17) is 27.7 Å². The summed E-state index contributed by atoms with van der Waals surface area (Å²) in [5, 5.41) is 10.8. The van der Waals surface area contributed by atoms with Crippen molar-refractivity contribution in [2.45, 2.75) is 53.0 Å². The lowest BCUT2D eigenvalue weighted by molar-refractivity contribution is 0.0703. The second-order valence-corrected chi connectivity index (χ2v) is 12.0. The van der Waals surface area contributed by atoms with E-state index in [1.54, 1.807) is 29.8 Å². The molecular weight excluding hydrogens is 452 g/mol. The first-order valence-electron chi connectivity index (χ1n) is 9.20. The first kappa shape index (κ1) is 24.2. The van der Waals surface area contributed by atoms with Crippen molar-refractivity contribution in [2.24, 2.45) is 0 Å². The van der Waals surface area contributed by atoms with Gasteiger partial charge in [0, 0.05) is 15.9 Å². The Morgan fingerprint density at radius 3 is 2.34 bits per heavy atom. The van der Waals surface area contributed by atoms with Crippen LogP contribution in [0.3, 0.4) is 0 Å². The molecule has 9 heteroatoms. The Labute approximate surface area is 186 Å². The Balaban J connectivity index is 2.81. The second-order valence-electron chi connectivity index (χ2n) is 7.85. The highest BCUT2D eigenvalue weighted by Gasteiger charge is 2.41. The average Bonchev–Trinajstić information content (AvgIpc) is 2.99. The number of thiophene rings is 1. The molecule has 2 rings (SSSR count). The Morgan fingerprint density at radius 2 is 1.90 bits per heavy atom. The predicted molar refractivity (Wildman–Crippen MR) is 123 cm³/mol. The van der Waals surface area contributed by atoms with Crippen molar-refractivity contribution in [1.82, 2.24) is 0 Å². The predicted octanol–water partition coefficient (Wildman–Crippen LogP) is 6.82. The lowest BCUT2D eigenvalue weighted by Gasteiger charge is -2.36. The Hall–Kier alpha value is -1.04. The number of anilines is 1. The van der Waals surface area contributed by atoms with E-state index in [1.807, 2.05) is 34.6 Å². The van der Waals surface area contributed by atoms with Gasteiger partial charge >= 0.3 is 13.5 Å². The number of benzene rings is 1. The van der Waals surface area contributed by atoms with Crippen LogP contribution in [0.4, 0.5) is 5.69 Å². The van der Waals surface area contributed by atoms with Crippen molar-refractivity contribution < 1.29 is 19.0 Å². The highest BCUT2D eigenvalue weighted by molar-refractivity contribution is 7.68. The van der Waals surface area contributed by atoms with E-state index in [0.717, 1.165) is 4.88 Å². The van der Waals surface area contributed by atoms with E-state index in [9.17, 15) is 14.5 Å². The normalized spacial score (nSPS) is 14.1. The topological polar surface area (TPSA) is 66.8 Å². The number of carboxylic acids is 1. The van der Waals surface area contributed by atoms with E-state index in [0.29, 0.717) is 16.0 Å². The van der Waals surface area contributed by atoms with E-state index >= 15 is 0 Å². The molecule has 0 aliphatic rings. The molecule has 0 aliphatic carbocycles. The van der Waals surface area contributed by atoms with Crippen LogP contribution in [-0.2, 0) is 14.5 Å². The zero-order valence-corrected chi connectivity index (χ0v) is 20.5. The number of nitrogens with zero attached hydrogens (tertiary/aromatic N) is 1. The van der Waals surface area contributed by atoms with Gasteiger partial charge < -0.3 is 9.63 Å². The lowest BCUT2D eigenvalue weighted by Crippen LogP contribution is -2.34. The van der Waals surface area contributed by atoms with Gasteiger partial charge in [-0.2, -0.15) is 0 Å². The minimum Gasteiger partial charge on any atom is -0.477 e. The van der Waals surface area contributed by atoms with Crippen LogP contribution in [0.2, 0.25) is 10.0 Å². The van der Waals surface area contributed by atoms with Gasteiger partial charge in [0.2, 0.25) is 0 Å². The van der Waals surface area contributed by atoms with Gasteiger partial charge in [0.05, 0.1) is 22.6 Å². The highest BCUT2D eigenvalue weighted by Crippen LogP contribution is 2.57. The maximum atomic E-state index is 14.3. The fourth-order valence-corrected chi connectivity index (χ4v) is 7.27. The zero-order valence-electron chi connectivity index (χ0n) is 17.3. The van der Waals surface area contributed by atoms with Crippen LogP contribution in [0.25, 0.3) is 0 Å². The first-order chi connectivity index (χ1) is 13.3. The summed E-state index contributed by atoms with van der Waals surface area (Å²) in [6.07, 6.45) is 0. The summed E-state index contributed by atoms with van der Waals surface area (Å²) < 4.78 is 21.7. The van der Waals surface area contributed by atoms with Crippen molar-refractivity contribution in [1.29, 1.82) is 0 Å². The number of hydrogen-bond donors (Lipinski definition) is 1. The molecule has 1 unspecified atom stereocenters. The van der Waals surface area contributed by atoms with Crippen LogP contribution in [0.1, 0.15) is 56.1 Å². The summed E-state index contributed by atoms with van der Waals surface area (Å²) in [5.41, 5.74) is 0.105. The summed E-state index contributed by atoms with van der Waals surface area (Å²) in [7, 11) is -3.74. The third-order valence-electron chi connectivity index (χ3n) is 4.18. The number of halogens is 2. The number of carbonyl (C=O) groups is 1. The fraction of sp³-hybridized carbons (Fsp3) is 0.450. The largest absolute Gasteiger partial charge is 0.477 e. The molecule has 5 nitrogen and oxygen atoms in total. The van der Waals surface area contributed by atoms with Gasteiger partial charge in [-0.3, -0.25) is 9.24 Å². The summed E-state index contributed by atoms with van der Waals surface area (Å²) >= 11 is 13.6. The van der Waals surface area contributed by atoms with Crippen molar-refractivity contribution in [3.8, 4) is 0 Å². The van der Waals surface area contributed by atoms with Gasteiger partial charge in [-0.1, -0.05) is 44.0 Å². The number of rotatable bonds is 7. The van der Waals surface area contributed by atoms with E-state index < -0.39 is 13.5 Å². The number of hydrogen-bond acceptors (Lipinski definition) is 4. The van der Waals surface area contributed by atoms with Crippen LogP contribution >= 0.6 is 42.1 Å². The van der Waals surface area contributed by atoms with Gasteiger partial charge in [0.15, 0.2) is 0 Å². The van der Waals surface area contributed by atoms with Crippen LogP contribution in [0.5, 0.6) is 0 Å². The molecule has 2 aromatic rings. The van der Waals surface area contributed by atoms with E-state index in [2.05, 4.69) is 0 Å². The van der Waals surface area contributed by atoms with Gasteiger partial charge in [-0.05, 0) is 50.5 Å². The number of carboxylic acid groups (broad SMARTS) is 1. The fourth-order valence-electron chi connectivity index (χ4n) is 2.93. The van der Waals surface area contributed by atoms with Crippen molar-refractivity contribution in [2.75, 3.05) is 11.3 Å². The molecule has 0 saturated carbocycles. The molecule has 160 valence electrons. The average molecular weight is 478 g/mol. The monoisotopic (exact) mass is 477 g/mol. The first-order valence-corrected chi connectivity index (χ1v) is 12.4. The van der Waals surface area contributed by atoms with Gasteiger partial charge in [0.25, 0.3) is 0 Å². The standard InChI is InChI=1S/C20H26Cl2NO4PS/c1-7-27-28(26,16-9-8-13(21)10-14(16)22)23(12(2)3)15-11-17(20(4,5)6)29-18(15)19(24)25/h8-12H,7H2,1-6H3,(H,24,25). The third kappa shape index (κ3) is 5.00. The molecule has 29 heavy (non-hydrogen) atoms. The van der Waals surface area contributed by atoms with Crippen LogP contribution < -0.4 is 9.97 Å². The summed E-state index contributed by atoms with van der Waals surface area (Å²) in [6, 6.07) is 6.16. The molecule has 0 spiro atoms. The molecule has 0 radical (unpaired) electrons. The third-order valence-corrected chi connectivity index (χ3v) is 9.25.